The van der Waals surface area contributed by atoms with Gasteiger partial charge in [-0.25, -0.2) is 0 Å². The molecule has 0 saturated heterocycles. The maximum Gasteiger partial charge on any atom is 0.269 e. The molecule has 0 aliphatic carbocycles. The van der Waals surface area contributed by atoms with Crippen molar-refractivity contribution in [2.75, 3.05) is 13.7 Å². The Morgan fingerprint density at radius 3 is 2.54 bits per heavy atom. The van der Waals surface area contributed by atoms with Gasteiger partial charge in [0.2, 0.25) is 0 Å². The zero-order valence-corrected chi connectivity index (χ0v) is 17.2. The van der Waals surface area contributed by atoms with E-state index in [1.165, 1.54) is 15.9 Å². The number of nitriles is 1. The van der Waals surface area contributed by atoms with Crippen molar-refractivity contribution in [1.29, 1.82) is 5.26 Å². The first kappa shape index (κ1) is 20.3. The molecular formula is C19H22N2O3S2. The maximum atomic E-state index is 12.9. The van der Waals surface area contributed by atoms with Gasteiger partial charge < -0.3 is 4.74 Å². The van der Waals surface area contributed by atoms with Gasteiger partial charge in [0.25, 0.3) is 5.56 Å². The van der Waals surface area contributed by atoms with E-state index < -0.39 is 5.41 Å². The van der Waals surface area contributed by atoms with Gasteiger partial charge in [0, 0.05) is 22.3 Å². The number of carbonyl (C=O) groups excluding carboxylic acids is 1. The lowest BCUT2D eigenvalue weighted by molar-refractivity contribution is -0.120. The van der Waals surface area contributed by atoms with Crippen LogP contribution >= 0.6 is 22.7 Å². The third-order valence-corrected chi connectivity index (χ3v) is 5.77. The molecule has 2 heterocycles. The minimum atomic E-state index is -0.702. The smallest absolute Gasteiger partial charge is 0.269 e. The minimum absolute atomic E-state index is 0.0257. The molecule has 0 radical (unpaired) electrons. The number of aromatic nitrogens is 1. The number of Topliss-reactive ketones (excluding diaryl/α,β-unsaturated/α-hetero) is 1. The van der Waals surface area contributed by atoms with Gasteiger partial charge in [-0.15, -0.1) is 22.7 Å². The molecule has 0 unspecified atom stereocenters. The van der Waals surface area contributed by atoms with E-state index in [9.17, 15) is 14.9 Å². The first-order valence-electron chi connectivity index (χ1n) is 8.15. The molecule has 0 aliphatic rings. The molecule has 0 fully saturated rings. The molecule has 5 nitrogen and oxygen atoms in total. The Morgan fingerprint density at radius 1 is 1.35 bits per heavy atom. The van der Waals surface area contributed by atoms with Crippen molar-refractivity contribution in [2.24, 2.45) is 5.41 Å². The van der Waals surface area contributed by atoms with Crippen molar-refractivity contribution in [2.45, 2.75) is 34.2 Å². The highest BCUT2D eigenvalue weighted by molar-refractivity contribution is 7.13. The number of hydrogen-bond acceptors (Lipinski definition) is 6. The first-order chi connectivity index (χ1) is 12.2. The molecule has 2 aromatic rings. The number of nitrogens with zero attached hydrogens (tertiary/aromatic N) is 2. The summed E-state index contributed by atoms with van der Waals surface area (Å²) >= 11 is 2.77. The number of carbonyl (C=O) groups is 1. The highest BCUT2D eigenvalue weighted by Crippen LogP contribution is 2.19. The van der Waals surface area contributed by atoms with Crippen LogP contribution < -0.4 is 14.8 Å². The van der Waals surface area contributed by atoms with Crippen molar-refractivity contribution < 1.29 is 9.53 Å². The molecule has 2 rings (SSSR count). The molecule has 26 heavy (non-hydrogen) atoms. The molecule has 0 atom stereocenters. The summed E-state index contributed by atoms with van der Waals surface area (Å²) in [6, 6.07) is 5.96. The van der Waals surface area contributed by atoms with E-state index in [0.29, 0.717) is 22.3 Å². The van der Waals surface area contributed by atoms with Crippen molar-refractivity contribution in [3.05, 3.63) is 41.4 Å². The largest absolute Gasteiger partial charge is 0.383 e. The Hall–Kier alpha value is -2.01. The van der Waals surface area contributed by atoms with Crippen molar-refractivity contribution in [3.8, 4) is 6.07 Å². The van der Waals surface area contributed by atoms with E-state index in [4.69, 9.17) is 4.74 Å². The van der Waals surface area contributed by atoms with E-state index >= 15 is 0 Å². The molecule has 0 aromatic carbocycles. The molecule has 138 valence electrons. The number of ether oxygens (including phenoxy) is 1. The topological polar surface area (TPSA) is 72.1 Å². The molecule has 0 spiro atoms. The standard InChI is InChI=1S/C19H22N2O3S2/c1-12-6-7-13(25-12)10-15-17(23)21(8-9-24-5)18(26-15)14(11-20)16(22)19(2,3)4/h6-7,10H,8-9H2,1-5H3/b15-10+,18-14-. The summed E-state index contributed by atoms with van der Waals surface area (Å²) in [6.07, 6.45) is 1.81. The molecule has 0 N–H and O–H groups in total. The SMILES string of the molecule is COCCn1c(=O)/c(=C\c2ccc(C)s2)s/c1=C(/C#N)C(=O)C(C)(C)C. The number of thiazole rings is 1. The normalized spacial score (nSPS) is 13.6. The molecule has 2 aromatic heterocycles. The van der Waals surface area contributed by atoms with Crippen molar-refractivity contribution in [1.82, 2.24) is 4.57 Å². The lowest BCUT2D eigenvalue weighted by Gasteiger charge is -2.15. The number of hydrogen-bond donors (Lipinski definition) is 0. The lowest BCUT2D eigenvalue weighted by atomic mass is 9.87. The summed E-state index contributed by atoms with van der Waals surface area (Å²) in [5.41, 5.74) is -0.883. The van der Waals surface area contributed by atoms with Gasteiger partial charge in [-0.05, 0) is 25.1 Å². The van der Waals surface area contributed by atoms with Gasteiger partial charge >= 0.3 is 0 Å². The van der Waals surface area contributed by atoms with Gasteiger partial charge in [-0.1, -0.05) is 20.8 Å². The molecule has 7 heteroatoms. The van der Waals surface area contributed by atoms with Crippen LogP contribution in [0.25, 0.3) is 11.6 Å². The van der Waals surface area contributed by atoms with E-state index in [0.717, 1.165) is 9.75 Å². The van der Waals surface area contributed by atoms with Gasteiger partial charge in [-0.3, -0.25) is 14.2 Å². The summed E-state index contributed by atoms with van der Waals surface area (Å²) in [4.78, 5) is 27.7. The molecule has 0 saturated carbocycles. The van der Waals surface area contributed by atoms with E-state index in [1.807, 2.05) is 31.2 Å². The third-order valence-electron chi connectivity index (χ3n) is 3.70. The molecule has 0 amide bonds. The minimum Gasteiger partial charge on any atom is -0.383 e. The summed E-state index contributed by atoms with van der Waals surface area (Å²) in [7, 11) is 1.55. The summed E-state index contributed by atoms with van der Waals surface area (Å²) in [6.45, 7) is 7.91. The molecule has 0 bridgehead atoms. The molecule has 0 aliphatic heterocycles. The second-order valence-electron chi connectivity index (χ2n) is 6.88. The van der Waals surface area contributed by atoms with Gasteiger partial charge in [0.1, 0.15) is 16.3 Å². The number of methoxy groups -OCH3 is 1. The van der Waals surface area contributed by atoms with Crippen LogP contribution in [0.4, 0.5) is 0 Å². The van der Waals surface area contributed by atoms with Crippen LogP contribution in [-0.4, -0.2) is 24.1 Å². The highest BCUT2D eigenvalue weighted by atomic mass is 32.1. The van der Waals surface area contributed by atoms with Crippen LogP contribution in [0.3, 0.4) is 0 Å². The van der Waals surface area contributed by atoms with Crippen LogP contribution in [0.15, 0.2) is 16.9 Å². The van der Waals surface area contributed by atoms with Gasteiger partial charge in [0.05, 0.1) is 17.7 Å². The van der Waals surface area contributed by atoms with Crippen LogP contribution in [-0.2, 0) is 16.1 Å². The Labute approximate surface area is 160 Å². The van der Waals surface area contributed by atoms with Crippen molar-refractivity contribution >= 4 is 40.1 Å². The van der Waals surface area contributed by atoms with E-state index in [-0.39, 0.29) is 16.9 Å². The third kappa shape index (κ3) is 4.39. The van der Waals surface area contributed by atoms with Gasteiger partial charge in [0.15, 0.2) is 5.78 Å². The second kappa shape index (κ2) is 8.12. The van der Waals surface area contributed by atoms with E-state index in [2.05, 4.69) is 0 Å². The quantitative estimate of drug-likeness (QED) is 0.783. The molecular weight excluding hydrogens is 368 g/mol. The summed E-state index contributed by atoms with van der Waals surface area (Å²) in [5.74, 6) is -0.272. The monoisotopic (exact) mass is 390 g/mol. The van der Waals surface area contributed by atoms with Crippen LogP contribution in [0, 0.1) is 23.7 Å². The lowest BCUT2D eigenvalue weighted by Crippen LogP contribution is -2.35. The fraction of sp³-hybridized carbons (Fsp3) is 0.421. The zero-order chi connectivity index (χ0) is 19.5. The Balaban J connectivity index is 2.80. The van der Waals surface area contributed by atoms with Crippen LogP contribution in [0.2, 0.25) is 0 Å². The Bertz CT molecular complexity index is 1030. The Kier molecular flexibility index (Phi) is 6.34. The van der Waals surface area contributed by atoms with Crippen molar-refractivity contribution in [3.63, 3.8) is 0 Å². The maximum absolute atomic E-state index is 12.9. The van der Waals surface area contributed by atoms with E-state index in [1.54, 1.807) is 39.2 Å². The van der Waals surface area contributed by atoms with Crippen LogP contribution in [0.5, 0.6) is 0 Å². The second-order valence-corrected chi connectivity index (χ2v) is 9.23. The zero-order valence-electron chi connectivity index (χ0n) is 15.6. The van der Waals surface area contributed by atoms with Gasteiger partial charge in [-0.2, -0.15) is 5.26 Å². The number of ketones is 1. The first-order valence-corrected chi connectivity index (χ1v) is 9.78. The number of aryl methyl sites for hydroxylation is 1. The average Bonchev–Trinajstić information content (AvgIpc) is 3.10. The summed E-state index contributed by atoms with van der Waals surface area (Å²) in [5, 5.41) is 9.60. The number of thiophene rings is 1. The fourth-order valence-corrected chi connectivity index (χ4v) is 4.33. The Morgan fingerprint density at radius 2 is 2.04 bits per heavy atom. The number of rotatable bonds is 5. The predicted molar refractivity (Wildman–Crippen MR) is 106 cm³/mol. The highest BCUT2D eigenvalue weighted by Gasteiger charge is 2.27. The fourth-order valence-electron chi connectivity index (χ4n) is 2.32. The predicted octanol–water partition coefficient (Wildman–Crippen LogP) is 2.04. The van der Waals surface area contributed by atoms with Crippen LogP contribution in [0.1, 0.15) is 30.5 Å². The summed E-state index contributed by atoms with van der Waals surface area (Å²) < 4.78 is 7.47. The average molecular weight is 391 g/mol.